The van der Waals surface area contributed by atoms with Crippen molar-refractivity contribution in [2.45, 2.75) is 12.4 Å². The van der Waals surface area contributed by atoms with Crippen molar-refractivity contribution in [1.82, 2.24) is 0 Å². The fraction of sp³-hybridized carbons (Fsp3) is 0.0769. The number of anilines is 4. The highest BCUT2D eigenvalue weighted by Gasteiger charge is 2.38. The average Bonchev–Trinajstić information content (AvgIpc) is 2.79. The highest BCUT2D eigenvalue weighted by molar-refractivity contribution is 5.75. The Morgan fingerprint density at radius 2 is 0.658 bits per heavy atom. The summed E-state index contributed by atoms with van der Waals surface area (Å²) in [6.45, 7) is 0. The van der Waals surface area contributed by atoms with Crippen molar-refractivity contribution in [3.8, 4) is 22.3 Å². The molecule has 0 fully saturated rings. The van der Waals surface area contributed by atoms with Crippen molar-refractivity contribution >= 4 is 22.7 Å². The molecule has 4 rings (SSSR count). The van der Waals surface area contributed by atoms with E-state index < -0.39 is 46.2 Å². The van der Waals surface area contributed by atoms with Crippen LogP contribution >= 0.6 is 0 Å². The summed E-state index contributed by atoms with van der Waals surface area (Å²) in [6.07, 6.45) is -9.68. The Hall–Kier alpha value is -4.48. The lowest BCUT2D eigenvalue weighted by Gasteiger charge is -2.18. The standard InChI is InChI=1S/C14H10F6N2.C12H10F2N2/c15-13(16,17)11-5-7(21)1-3-9(11)10-4-2-8(22)6-12(10)14(18,19)20;13-11-5-7(15)1-3-9(11)10-4-2-8(16)6-12(10)14/h1-6H,21-22H2;1-6H,15-16H2. The van der Waals surface area contributed by atoms with Gasteiger partial charge in [-0.2, -0.15) is 26.3 Å². The third-order valence-corrected chi connectivity index (χ3v) is 5.26. The molecular formula is C26H20F8N4. The molecule has 0 radical (unpaired) electrons. The minimum absolute atomic E-state index is 0.173. The zero-order valence-electron chi connectivity index (χ0n) is 19.3. The molecule has 4 aromatic carbocycles. The highest BCUT2D eigenvalue weighted by atomic mass is 19.4. The molecule has 0 bridgehead atoms. The van der Waals surface area contributed by atoms with Crippen LogP contribution in [-0.4, -0.2) is 0 Å². The first-order valence-corrected chi connectivity index (χ1v) is 10.6. The van der Waals surface area contributed by atoms with E-state index in [0.717, 1.165) is 36.4 Å². The second-order valence-electron chi connectivity index (χ2n) is 8.08. The first-order chi connectivity index (χ1) is 17.6. The van der Waals surface area contributed by atoms with Gasteiger partial charge in [0, 0.05) is 33.9 Å². The molecule has 0 atom stereocenters. The number of alkyl halides is 6. The first-order valence-electron chi connectivity index (χ1n) is 10.6. The van der Waals surface area contributed by atoms with Crippen LogP contribution in [0.15, 0.2) is 72.8 Å². The average molecular weight is 540 g/mol. The molecular weight excluding hydrogens is 520 g/mol. The van der Waals surface area contributed by atoms with Gasteiger partial charge in [-0.05, 0) is 71.8 Å². The smallest absolute Gasteiger partial charge is 0.399 e. The molecule has 8 N–H and O–H groups in total. The van der Waals surface area contributed by atoms with E-state index in [1.54, 1.807) is 0 Å². The van der Waals surface area contributed by atoms with Crippen LogP contribution in [0.5, 0.6) is 0 Å². The summed E-state index contributed by atoms with van der Waals surface area (Å²) in [6, 6.07) is 13.5. The highest BCUT2D eigenvalue weighted by Crippen LogP contribution is 2.43. The summed E-state index contributed by atoms with van der Waals surface area (Å²) < 4.78 is 105. The van der Waals surface area contributed by atoms with E-state index in [2.05, 4.69) is 0 Å². The fourth-order valence-electron chi connectivity index (χ4n) is 3.56. The van der Waals surface area contributed by atoms with Gasteiger partial charge in [-0.3, -0.25) is 0 Å². The van der Waals surface area contributed by atoms with Gasteiger partial charge >= 0.3 is 12.4 Å². The maximum Gasteiger partial charge on any atom is 0.417 e. The predicted molar refractivity (Wildman–Crippen MR) is 131 cm³/mol. The maximum atomic E-state index is 13.5. The summed E-state index contributed by atoms with van der Waals surface area (Å²) in [5, 5.41) is 0. The van der Waals surface area contributed by atoms with Gasteiger partial charge in [0.1, 0.15) is 11.6 Å². The van der Waals surface area contributed by atoms with Gasteiger partial charge in [0.15, 0.2) is 0 Å². The number of halogens is 8. The minimum Gasteiger partial charge on any atom is -0.399 e. The van der Waals surface area contributed by atoms with Crippen molar-refractivity contribution in [2.75, 3.05) is 22.9 Å². The summed E-state index contributed by atoms with van der Waals surface area (Å²) in [5.74, 6) is -1.10. The zero-order chi connectivity index (χ0) is 28.4. The third-order valence-electron chi connectivity index (χ3n) is 5.26. The van der Waals surface area contributed by atoms with Gasteiger partial charge in [-0.15, -0.1) is 0 Å². The Morgan fingerprint density at radius 3 is 0.921 bits per heavy atom. The van der Waals surface area contributed by atoms with E-state index in [1.807, 2.05) is 0 Å². The molecule has 0 aliphatic rings. The van der Waals surface area contributed by atoms with Gasteiger partial charge in [-0.1, -0.05) is 12.1 Å². The van der Waals surface area contributed by atoms with Crippen molar-refractivity contribution < 1.29 is 35.1 Å². The summed E-state index contributed by atoms with van der Waals surface area (Å²) in [7, 11) is 0. The number of nitrogens with two attached hydrogens (primary N) is 4. The Bertz CT molecular complexity index is 1350. The fourth-order valence-corrected chi connectivity index (χ4v) is 3.56. The van der Waals surface area contributed by atoms with E-state index in [0.29, 0.717) is 23.5 Å². The number of benzene rings is 4. The molecule has 0 unspecified atom stereocenters. The summed E-state index contributed by atoms with van der Waals surface area (Å²) in [4.78, 5) is 0. The van der Waals surface area contributed by atoms with Crippen LogP contribution in [0, 0.1) is 11.6 Å². The maximum absolute atomic E-state index is 13.5. The lowest BCUT2D eigenvalue weighted by molar-refractivity contribution is -0.139. The van der Waals surface area contributed by atoms with E-state index in [4.69, 9.17) is 22.9 Å². The van der Waals surface area contributed by atoms with E-state index in [9.17, 15) is 35.1 Å². The molecule has 4 aromatic rings. The molecule has 0 aliphatic carbocycles. The van der Waals surface area contributed by atoms with Crippen molar-refractivity contribution in [2.24, 2.45) is 0 Å². The summed E-state index contributed by atoms with van der Waals surface area (Å²) >= 11 is 0. The Balaban J connectivity index is 0.000000221. The Kier molecular flexibility index (Phi) is 7.75. The lowest BCUT2D eigenvalue weighted by atomic mass is 9.94. The third kappa shape index (κ3) is 6.44. The quantitative estimate of drug-likeness (QED) is 0.158. The number of nitrogen functional groups attached to an aromatic ring is 4. The van der Waals surface area contributed by atoms with Gasteiger partial charge < -0.3 is 22.9 Å². The number of hydrogen-bond acceptors (Lipinski definition) is 4. The zero-order valence-corrected chi connectivity index (χ0v) is 19.3. The second-order valence-corrected chi connectivity index (χ2v) is 8.08. The molecule has 38 heavy (non-hydrogen) atoms. The van der Waals surface area contributed by atoms with E-state index >= 15 is 0 Å². The molecule has 0 saturated carbocycles. The molecule has 0 spiro atoms. The van der Waals surface area contributed by atoms with Gasteiger partial charge in [0.05, 0.1) is 11.1 Å². The van der Waals surface area contributed by atoms with Crippen LogP contribution in [0.3, 0.4) is 0 Å². The first kappa shape index (κ1) is 28.1. The SMILES string of the molecule is Nc1ccc(-c2ccc(N)cc2C(F)(F)F)c(C(F)(F)F)c1.Nc1ccc(-c2ccc(N)cc2F)c(F)c1. The molecule has 0 amide bonds. The topological polar surface area (TPSA) is 104 Å². The molecule has 12 heteroatoms. The lowest BCUT2D eigenvalue weighted by Crippen LogP contribution is -2.12. The number of rotatable bonds is 2. The molecule has 0 saturated heterocycles. The van der Waals surface area contributed by atoms with Crippen LogP contribution in [0.1, 0.15) is 11.1 Å². The molecule has 200 valence electrons. The van der Waals surface area contributed by atoms with Crippen molar-refractivity contribution in [3.63, 3.8) is 0 Å². The molecule has 4 nitrogen and oxygen atoms in total. The van der Waals surface area contributed by atoms with Gasteiger partial charge in [-0.25, -0.2) is 8.78 Å². The molecule has 0 aromatic heterocycles. The van der Waals surface area contributed by atoms with E-state index in [-0.39, 0.29) is 22.5 Å². The predicted octanol–water partition coefficient (Wildman–Crippen LogP) is 7.35. The van der Waals surface area contributed by atoms with Crippen LogP contribution < -0.4 is 22.9 Å². The second kappa shape index (κ2) is 10.5. The van der Waals surface area contributed by atoms with E-state index in [1.165, 1.54) is 24.3 Å². The number of hydrogen-bond donors (Lipinski definition) is 4. The van der Waals surface area contributed by atoms with Crippen LogP contribution in [0.25, 0.3) is 22.3 Å². The van der Waals surface area contributed by atoms with Crippen molar-refractivity contribution in [3.05, 3.63) is 95.6 Å². The minimum atomic E-state index is -4.84. The van der Waals surface area contributed by atoms with Crippen LogP contribution in [0.4, 0.5) is 57.9 Å². The normalized spacial score (nSPS) is 11.6. The van der Waals surface area contributed by atoms with Gasteiger partial charge in [0.2, 0.25) is 0 Å². The van der Waals surface area contributed by atoms with Crippen LogP contribution in [-0.2, 0) is 12.4 Å². The largest absolute Gasteiger partial charge is 0.417 e. The van der Waals surface area contributed by atoms with Gasteiger partial charge in [0.25, 0.3) is 0 Å². The molecule has 0 heterocycles. The summed E-state index contributed by atoms with van der Waals surface area (Å²) in [5.41, 5.74) is 18.3. The Labute approximate surface area is 211 Å². The molecule has 0 aliphatic heterocycles. The van der Waals surface area contributed by atoms with Crippen molar-refractivity contribution in [1.29, 1.82) is 0 Å². The Morgan fingerprint density at radius 1 is 0.395 bits per heavy atom. The monoisotopic (exact) mass is 540 g/mol. The van der Waals surface area contributed by atoms with Crippen LogP contribution in [0.2, 0.25) is 0 Å².